The molecule has 0 aliphatic carbocycles. The Morgan fingerprint density at radius 2 is 2.29 bits per heavy atom. The molecule has 1 saturated heterocycles. The van der Waals surface area contributed by atoms with Gasteiger partial charge in [-0.2, -0.15) is 0 Å². The van der Waals surface area contributed by atoms with Gasteiger partial charge in [0, 0.05) is 31.5 Å². The van der Waals surface area contributed by atoms with Crippen LogP contribution < -0.4 is 15.6 Å². The molecule has 0 spiro atoms. The minimum atomic E-state index is -0.154. The molecule has 2 heterocycles. The van der Waals surface area contributed by atoms with E-state index in [4.69, 9.17) is 4.84 Å². The van der Waals surface area contributed by atoms with Gasteiger partial charge in [-0.05, 0) is 37.1 Å². The zero-order valence-corrected chi connectivity index (χ0v) is 13.6. The average Bonchev–Trinajstić information content (AvgIpc) is 2.95. The molecular weight excluding hydrogens is 310 g/mol. The van der Waals surface area contributed by atoms with Crippen LogP contribution in [-0.2, 0) is 9.59 Å². The van der Waals surface area contributed by atoms with Gasteiger partial charge in [0.2, 0.25) is 11.8 Å². The molecule has 1 aromatic rings. The third kappa shape index (κ3) is 3.45. The molecule has 7 nitrogen and oxygen atoms in total. The maximum absolute atomic E-state index is 11.9. The predicted octanol–water partition coefficient (Wildman–Crippen LogP) is 1.15. The molecule has 1 fully saturated rings. The lowest BCUT2D eigenvalue weighted by atomic mass is 10.0. The van der Waals surface area contributed by atoms with Crippen molar-refractivity contribution in [2.24, 2.45) is 0 Å². The summed E-state index contributed by atoms with van der Waals surface area (Å²) in [7, 11) is 0. The molecule has 2 aliphatic heterocycles. The lowest BCUT2D eigenvalue weighted by Crippen LogP contribution is -2.38. The number of hydrogen-bond donors (Lipinski definition) is 3. The fraction of sp³-hybridized carbons (Fsp3) is 0.412. The highest BCUT2D eigenvalue weighted by Gasteiger charge is 2.22. The molecule has 0 unspecified atom stereocenters. The number of carbonyl (C=O) groups is 2. The van der Waals surface area contributed by atoms with Crippen LogP contribution in [0.1, 0.15) is 31.7 Å². The average molecular weight is 331 g/mol. The number of phenolic OH excluding ortho intramolecular Hbond substituents is 1. The molecule has 128 valence electrons. The number of rotatable bonds is 5. The van der Waals surface area contributed by atoms with E-state index in [-0.39, 0.29) is 24.1 Å². The highest BCUT2D eigenvalue weighted by molar-refractivity contribution is 5.85. The number of nitrogens with one attached hydrogen (secondary N) is 2. The van der Waals surface area contributed by atoms with Gasteiger partial charge in [0.05, 0.1) is 12.2 Å². The third-order valence-corrected chi connectivity index (χ3v) is 4.31. The van der Waals surface area contributed by atoms with Gasteiger partial charge in [0.1, 0.15) is 5.75 Å². The Balaban J connectivity index is 1.54. The first-order chi connectivity index (χ1) is 11.5. The number of carbonyl (C=O) groups excluding carboxylic acids is 2. The van der Waals surface area contributed by atoms with Crippen LogP contribution in [-0.4, -0.2) is 41.5 Å². The number of aromatic hydroxyl groups is 1. The minimum absolute atomic E-state index is 0.0439. The molecule has 0 radical (unpaired) electrons. The van der Waals surface area contributed by atoms with Gasteiger partial charge in [0.15, 0.2) is 5.75 Å². The summed E-state index contributed by atoms with van der Waals surface area (Å²) in [6, 6.07) is 4.93. The quantitative estimate of drug-likeness (QED) is 0.753. The number of nitrogens with zero attached hydrogens (tertiary/aromatic N) is 1. The van der Waals surface area contributed by atoms with Gasteiger partial charge >= 0.3 is 0 Å². The smallest absolute Gasteiger partial charge is 0.239 e. The van der Waals surface area contributed by atoms with Crippen LogP contribution in [0.3, 0.4) is 0 Å². The zero-order valence-electron chi connectivity index (χ0n) is 13.6. The van der Waals surface area contributed by atoms with E-state index in [2.05, 4.69) is 10.8 Å². The summed E-state index contributed by atoms with van der Waals surface area (Å²) in [5.74, 6) is 0.730. The van der Waals surface area contributed by atoms with Crippen molar-refractivity contribution in [3.05, 3.63) is 29.5 Å². The van der Waals surface area contributed by atoms with Crippen LogP contribution in [0.15, 0.2) is 23.9 Å². The van der Waals surface area contributed by atoms with Crippen LogP contribution in [0.4, 0.5) is 0 Å². The molecule has 3 rings (SSSR count). The number of allylic oxidation sites excluding steroid dienone is 1. The number of amides is 2. The van der Waals surface area contributed by atoms with Crippen molar-refractivity contribution in [3.63, 3.8) is 0 Å². The topological polar surface area (TPSA) is 90.9 Å². The summed E-state index contributed by atoms with van der Waals surface area (Å²) in [6.45, 7) is 3.16. The Morgan fingerprint density at radius 3 is 3.04 bits per heavy atom. The second-order valence-corrected chi connectivity index (χ2v) is 6.01. The van der Waals surface area contributed by atoms with Crippen molar-refractivity contribution < 1.29 is 19.5 Å². The summed E-state index contributed by atoms with van der Waals surface area (Å²) in [4.78, 5) is 30.5. The molecule has 2 aliphatic rings. The standard InChI is InChI=1S/C17H21N3O4/c1-11-13-9-12(21)4-5-15(13)24-19-14(11)6-7-18-16(22)10-20-8-2-3-17(20)23/h4-5,9,19,21H,2-3,6-8,10H2,1H3,(H,18,22). The molecule has 7 heteroatoms. The Hall–Kier alpha value is -2.70. The normalized spacial score (nSPS) is 16.5. The number of benzene rings is 1. The van der Waals surface area contributed by atoms with E-state index in [1.165, 1.54) is 0 Å². The Bertz CT molecular complexity index is 699. The fourth-order valence-electron chi connectivity index (χ4n) is 2.92. The van der Waals surface area contributed by atoms with Crippen LogP contribution >= 0.6 is 0 Å². The SMILES string of the molecule is CC1=C(CCNC(=O)CN2CCCC2=O)NOc2ccc(O)cc21. The maximum Gasteiger partial charge on any atom is 0.239 e. The highest BCUT2D eigenvalue weighted by atomic mass is 16.6. The molecular formula is C17H21N3O4. The second kappa shape index (κ2) is 6.82. The van der Waals surface area contributed by atoms with Crippen molar-refractivity contribution in [1.82, 2.24) is 15.7 Å². The van der Waals surface area contributed by atoms with Crippen molar-refractivity contribution in [1.29, 1.82) is 0 Å². The van der Waals surface area contributed by atoms with Crippen LogP contribution in [0, 0.1) is 0 Å². The van der Waals surface area contributed by atoms with E-state index in [1.54, 1.807) is 23.1 Å². The van der Waals surface area contributed by atoms with Gasteiger partial charge in [-0.25, -0.2) is 5.48 Å². The monoisotopic (exact) mass is 331 g/mol. The number of hydroxylamine groups is 1. The second-order valence-electron chi connectivity index (χ2n) is 6.01. The van der Waals surface area contributed by atoms with E-state index in [0.29, 0.717) is 31.7 Å². The van der Waals surface area contributed by atoms with E-state index in [9.17, 15) is 14.7 Å². The molecule has 2 amide bonds. The van der Waals surface area contributed by atoms with E-state index in [0.717, 1.165) is 23.3 Å². The fourth-order valence-corrected chi connectivity index (χ4v) is 2.92. The van der Waals surface area contributed by atoms with Gasteiger partial charge in [0.25, 0.3) is 0 Å². The van der Waals surface area contributed by atoms with E-state index >= 15 is 0 Å². The Morgan fingerprint density at radius 1 is 1.46 bits per heavy atom. The van der Waals surface area contributed by atoms with Crippen LogP contribution in [0.5, 0.6) is 11.5 Å². The van der Waals surface area contributed by atoms with Crippen molar-refractivity contribution in [2.45, 2.75) is 26.2 Å². The first kappa shape index (κ1) is 16.2. The summed E-state index contributed by atoms with van der Waals surface area (Å²) < 4.78 is 0. The molecule has 24 heavy (non-hydrogen) atoms. The number of hydrogen-bond acceptors (Lipinski definition) is 5. The van der Waals surface area contributed by atoms with Crippen molar-refractivity contribution in [2.75, 3.05) is 19.6 Å². The largest absolute Gasteiger partial charge is 0.508 e. The van der Waals surface area contributed by atoms with Gasteiger partial charge in [-0.3, -0.25) is 9.59 Å². The zero-order chi connectivity index (χ0) is 17.1. The first-order valence-electron chi connectivity index (χ1n) is 8.05. The molecule has 3 N–H and O–H groups in total. The van der Waals surface area contributed by atoms with E-state index in [1.807, 2.05) is 6.92 Å². The molecule has 0 bridgehead atoms. The molecule has 0 aromatic heterocycles. The summed E-state index contributed by atoms with van der Waals surface area (Å²) in [6.07, 6.45) is 1.93. The van der Waals surface area contributed by atoms with E-state index < -0.39 is 0 Å². The Kier molecular flexibility index (Phi) is 4.59. The van der Waals surface area contributed by atoms with Gasteiger partial charge in [-0.15, -0.1) is 0 Å². The summed E-state index contributed by atoms with van der Waals surface area (Å²) in [5, 5.41) is 12.4. The maximum atomic E-state index is 11.9. The Labute approximate surface area is 140 Å². The van der Waals surface area contributed by atoms with Crippen LogP contribution in [0.25, 0.3) is 5.57 Å². The third-order valence-electron chi connectivity index (χ3n) is 4.31. The van der Waals surface area contributed by atoms with Gasteiger partial charge < -0.3 is 20.2 Å². The lowest BCUT2D eigenvalue weighted by molar-refractivity contribution is -0.133. The van der Waals surface area contributed by atoms with Crippen LogP contribution in [0.2, 0.25) is 0 Å². The van der Waals surface area contributed by atoms with Gasteiger partial charge in [-0.1, -0.05) is 0 Å². The first-order valence-corrected chi connectivity index (χ1v) is 8.05. The summed E-state index contributed by atoms with van der Waals surface area (Å²) in [5.41, 5.74) is 5.53. The number of phenols is 1. The molecule has 0 atom stereocenters. The molecule has 0 saturated carbocycles. The molecule has 1 aromatic carbocycles. The van der Waals surface area contributed by atoms with Crippen molar-refractivity contribution in [3.8, 4) is 11.5 Å². The lowest BCUT2D eigenvalue weighted by Gasteiger charge is -2.23. The van der Waals surface area contributed by atoms with Crippen molar-refractivity contribution >= 4 is 17.4 Å². The predicted molar refractivity (Wildman–Crippen MR) is 87.9 cm³/mol. The minimum Gasteiger partial charge on any atom is -0.508 e. The highest BCUT2D eigenvalue weighted by Crippen LogP contribution is 2.34. The number of fused-ring (bicyclic) bond motifs is 1. The number of likely N-dealkylation sites (tertiary alicyclic amines) is 1. The summed E-state index contributed by atoms with van der Waals surface area (Å²) >= 11 is 0.